The zero-order valence-electron chi connectivity index (χ0n) is 15.4. The number of fused-ring (bicyclic) bond motifs is 1. The number of ether oxygens (including phenoxy) is 1. The highest BCUT2D eigenvalue weighted by Crippen LogP contribution is 2.27. The molecule has 8 nitrogen and oxygen atoms in total. The van der Waals surface area contributed by atoms with Gasteiger partial charge in [0, 0.05) is 11.4 Å². The van der Waals surface area contributed by atoms with Crippen molar-refractivity contribution in [3.63, 3.8) is 0 Å². The molecule has 0 unspecified atom stereocenters. The van der Waals surface area contributed by atoms with Crippen molar-refractivity contribution in [2.24, 2.45) is 0 Å². The summed E-state index contributed by atoms with van der Waals surface area (Å²) in [6.07, 6.45) is 0. The number of rotatable bonds is 5. The molecule has 9 heteroatoms. The van der Waals surface area contributed by atoms with Crippen molar-refractivity contribution in [3.05, 3.63) is 46.5 Å². The highest BCUT2D eigenvalue weighted by Gasteiger charge is 2.22. The van der Waals surface area contributed by atoms with E-state index < -0.39 is 10.0 Å². The maximum absolute atomic E-state index is 12.8. The molecule has 0 atom stereocenters. The summed E-state index contributed by atoms with van der Waals surface area (Å²) in [7, 11) is -2.33. The lowest BCUT2D eigenvalue weighted by Gasteiger charge is -2.13. The molecule has 0 radical (unpaired) electrons. The molecule has 0 aliphatic heterocycles. The summed E-state index contributed by atoms with van der Waals surface area (Å²) in [6, 6.07) is 5.21. The summed E-state index contributed by atoms with van der Waals surface area (Å²) in [5, 5.41) is 8.08. The average molecular weight is 375 g/mol. The number of hydrogen-bond donors (Lipinski definition) is 1. The average Bonchev–Trinajstić information content (AvgIpc) is 2.98. The zero-order valence-corrected chi connectivity index (χ0v) is 16.2. The van der Waals surface area contributed by atoms with Crippen LogP contribution in [-0.4, -0.2) is 35.1 Å². The smallest absolute Gasteiger partial charge is 0.255 e. The van der Waals surface area contributed by atoms with E-state index in [-0.39, 0.29) is 11.4 Å². The molecule has 0 saturated carbocycles. The Labute approximate surface area is 152 Å². The second kappa shape index (κ2) is 6.65. The van der Waals surface area contributed by atoms with Crippen LogP contribution in [0.15, 0.2) is 23.1 Å². The van der Waals surface area contributed by atoms with E-state index in [4.69, 9.17) is 4.74 Å². The van der Waals surface area contributed by atoms with E-state index in [9.17, 15) is 8.42 Å². The van der Waals surface area contributed by atoms with Gasteiger partial charge < -0.3 is 4.74 Å². The highest BCUT2D eigenvalue weighted by atomic mass is 32.2. The van der Waals surface area contributed by atoms with Gasteiger partial charge in [-0.25, -0.2) is 18.1 Å². The summed E-state index contributed by atoms with van der Waals surface area (Å²) in [4.78, 5) is 4.40. The van der Waals surface area contributed by atoms with Gasteiger partial charge in [-0.2, -0.15) is 0 Å². The Hall–Kier alpha value is -2.52. The minimum atomic E-state index is -3.78. The maximum atomic E-state index is 12.8. The second-order valence-electron chi connectivity index (χ2n) is 6.20. The van der Waals surface area contributed by atoms with Crippen LogP contribution < -0.4 is 9.46 Å². The summed E-state index contributed by atoms with van der Waals surface area (Å²) in [5.74, 6) is 1.22. The zero-order chi connectivity index (χ0) is 19.1. The summed E-state index contributed by atoms with van der Waals surface area (Å²) in [6.45, 7) is 7.52. The van der Waals surface area contributed by atoms with Crippen molar-refractivity contribution < 1.29 is 13.2 Å². The predicted octanol–water partition coefficient (Wildman–Crippen LogP) is 1.85. The van der Waals surface area contributed by atoms with Gasteiger partial charge in [0.05, 0.1) is 13.7 Å². The van der Waals surface area contributed by atoms with Crippen molar-refractivity contribution in [2.75, 3.05) is 7.11 Å². The van der Waals surface area contributed by atoms with Crippen LogP contribution in [0.5, 0.6) is 5.75 Å². The van der Waals surface area contributed by atoms with Crippen molar-refractivity contribution in [1.29, 1.82) is 0 Å². The van der Waals surface area contributed by atoms with Crippen LogP contribution in [0.25, 0.3) is 5.78 Å². The molecule has 0 aliphatic rings. The molecule has 3 rings (SSSR count). The normalized spacial score (nSPS) is 11.9. The first-order chi connectivity index (χ1) is 12.2. The number of aromatic nitrogens is 4. The quantitative estimate of drug-likeness (QED) is 0.731. The fraction of sp³-hybridized carbons (Fsp3) is 0.353. The van der Waals surface area contributed by atoms with Crippen LogP contribution in [0.4, 0.5) is 0 Å². The molecular weight excluding hydrogens is 354 g/mol. The van der Waals surface area contributed by atoms with Gasteiger partial charge in [-0.1, -0.05) is 0 Å². The molecule has 0 bridgehead atoms. The van der Waals surface area contributed by atoms with Crippen LogP contribution in [-0.2, 0) is 16.6 Å². The monoisotopic (exact) mass is 375 g/mol. The molecule has 0 amide bonds. The van der Waals surface area contributed by atoms with Gasteiger partial charge in [-0.05, 0) is 57.0 Å². The van der Waals surface area contributed by atoms with Gasteiger partial charge in [0.15, 0.2) is 5.82 Å². The molecule has 2 aromatic heterocycles. The number of nitrogens with one attached hydrogen (secondary N) is 1. The van der Waals surface area contributed by atoms with Crippen LogP contribution >= 0.6 is 0 Å². The van der Waals surface area contributed by atoms with E-state index in [1.807, 2.05) is 33.8 Å². The molecule has 1 N–H and O–H groups in total. The molecule has 2 heterocycles. The molecule has 138 valence electrons. The van der Waals surface area contributed by atoms with Gasteiger partial charge in [0.2, 0.25) is 10.0 Å². The minimum Gasteiger partial charge on any atom is -0.495 e. The standard InChI is InChI=1S/C17H21N5O3S/c1-10-6-14(25-5)15(7-11(10)2)26(23,24)18-9-16-20-21-17-19-12(3)8-13(4)22(16)17/h6-8,18H,9H2,1-5H3. The molecule has 26 heavy (non-hydrogen) atoms. The lowest BCUT2D eigenvalue weighted by Crippen LogP contribution is -2.25. The van der Waals surface area contributed by atoms with Gasteiger partial charge in [0.25, 0.3) is 5.78 Å². The molecule has 3 aromatic rings. The third-order valence-corrected chi connectivity index (χ3v) is 5.67. The third kappa shape index (κ3) is 3.27. The Morgan fingerprint density at radius 1 is 1.08 bits per heavy atom. The number of hydrogen-bond acceptors (Lipinski definition) is 6. The van der Waals surface area contributed by atoms with Gasteiger partial charge >= 0.3 is 0 Å². The third-order valence-electron chi connectivity index (χ3n) is 4.25. The first-order valence-electron chi connectivity index (χ1n) is 8.06. The summed E-state index contributed by atoms with van der Waals surface area (Å²) < 4.78 is 35.1. The van der Waals surface area contributed by atoms with Gasteiger partial charge in [-0.15, -0.1) is 10.2 Å². The fourth-order valence-corrected chi connectivity index (χ4v) is 4.00. The summed E-state index contributed by atoms with van der Waals surface area (Å²) in [5.41, 5.74) is 3.54. The van der Waals surface area contributed by atoms with Crippen LogP contribution in [0.3, 0.4) is 0 Å². The summed E-state index contributed by atoms with van der Waals surface area (Å²) >= 11 is 0. The lowest BCUT2D eigenvalue weighted by atomic mass is 10.1. The van der Waals surface area contributed by atoms with Crippen LogP contribution in [0.2, 0.25) is 0 Å². The fourth-order valence-electron chi connectivity index (χ4n) is 2.78. The van der Waals surface area contributed by atoms with Crippen LogP contribution in [0.1, 0.15) is 28.3 Å². The highest BCUT2D eigenvalue weighted by molar-refractivity contribution is 7.89. The Morgan fingerprint density at radius 3 is 2.46 bits per heavy atom. The van der Waals surface area contributed by atoms with Crippen molar-refractivity contribution >= 4 is 15.8 Å². The van der Waals surface area contributed by atoms with Crippen molar-refractivity contribution in [2.45, 2.75) is 39.1 Å². The van der Waals surface area contributed by atoms with Crippen molar-refractivity contribution in [1.82, 2.24) is 24.3 Å². The van der Waals surface area contributed by atoms with E-state index in [0.29, 0.717) is 17.4 Å². The molecule has 0 spiro atoms. The Bertz CT molecular complexity index is 1090. The first-order valence-corrected chi connectivity index (χ1v) is 9.54. The predicted molar refractivity (Wildman–Crippen MR) is 96.7 cm³/mol. The first kappa shape index (κ1) is 18.3. The number of sulfonamides is 1. The topological polar surface area (TPSA) is 98.5 Å². The van der Waals surface area contributed by atoms with E-state index >= 15 is 0 Å². The van der Waals surface area contributed by atoms with Gasteiger partial charge in [0.1, 0.15) is 10.6 Å². The SMILES string of the molecule is COc1cc(C)c(C)cc1S(=O)(=O)NCc1nnc2nc(C)cc(C)n12. The Balaban J connectivity index is 1.94. The number of nitrogens with zero attached hydrogens (tertiary/aromatic N) is 4. The number of methoxy groups -OCH3 is 1. The van der Waals surface area contributed by atoms with E-state index in [0.717, 1.165) is 22.5 Å². The van der Waals surface area contributed by atoms with E-state index in [1.165, 1.54) is 7.11 Å². The minimum absolute atomic E-state index is 0.00877. The Kier molecular flexibility index (Phi) is 4.68. The maximum Gasteiger partial charge on any atom is 0.255 e. The molecule has 0 saturated heterocycles. The van der Waals surface area contributed by atoms with E-state index in [2.05, 4.69) is 19.9 Å². The molecule has 0 fully saturated rings. The van der Waals surface area contributed by atoms with Crippen molar-refractivity contribution in [3.8, 4) is 5.75 Å². The van der Waals surface area contributed by atoms with Gasteiger partial charge in [-0.3, -0.25) is 4.40 Å². The number of aryl methyl sites for hydroxylation is 4. The second-order valence-corrected chi connectivity index (χ2v) is 7.94. The molecular formula is C17H21N5O3S. The Morgan fingerprint density at radius 2 is 1.77 bits per heavy atom. The molecule has 1 aromatic carbocycles. The largest absolute Gasteiger partial charge is 0.495 e. The number of benzene rings is 1. The van der Waals surface area contributed by atoms with E-state index in [1.54, 1.807) is 16.5 Å². The lowest BCUT2D eigenvalue weighted by molar-refractivity contribution is 0.401. The molecule has 0 aliphatic carbocycles. The van der Waals surface area contributed by atoms with Crippen LogP contribution in [0, 0.1) is 27.7 Å².